The Morgan fingerprint density at radius 1 is 1.00 bits per heavy atom. The maximum absolute atomic E-state index is 2.64. The topological polar surface area (TPSA) is 6.48 Å². The van der Waals surface area contributed by atoms with Crippen molar-refractivity contribution in [1.82, 2.24) is 4.90 Å². The molecule has 2 aliphatic heterocycles. The third-order valence-corrected chi connectivity index (χ3v) is 3.72. The molecular formula is C13H18N2. The van der Waals surface area contributed by atoms with Crippen LogP contribution in [0.2, 0.25) is 0 Å². The smallest absolute Gasteiger partial charge is 0.0421 e. The summed E-state index contributed by atoms with van der Waals surface area (Å²) in [6.45, 7) is 2.46. The van der Waals surface area contributed by atoms with Crippen molar-refractivity contribution in [2.75, 3.05) is 25.0 Å². The molecule has 1 aromatic carbocycles. The molecule has 0 radical (unpaired) electrons. The van der Waals surface area contributed by atoms with Crippen LogP contribution in [0, 0.1) is 0 Å². The van der Waals surface area contributed by atoms with Gasteiger partial charge in [0, 0.05) is 30.9 Å². The van der Waals surface area contributed by atoms with E-state index < -0.39 is 0 Å². The van der Waals surface area contributed by atoms with E-state index in [-0.39, 0.29) is 0 Å². The average molecular weight is 202 g/mol. The number of para-hydroxylation sites is 1. The van der Waals surface area contributed by atoms with E-state index in [9.17, 15) is 0 Å². The lowest BCUT2D eigenvalue weighted by Crippen LogP contribution is -2.52. The minimum absolute atomic E-state index is 0.746. The molecular weight excluding hydrogens is 184 g/mol. The summed E-state index contributed by atoms with van der Waals surface area (Å²) in [6.07, 6.45) is 2.73. The van der Waals surface area contributed by atoms with Crippen LogP contribution in [0.3, 0.4) is 0 Å². The molecule has 2 saturated heterocycles. The quantitative estimate of drug-likeness (QED) is 0.687. The van der Waals surface area contributed by atoms with Crippen LogP contribution in [0.4, 0.5) is 5.69 Å². The molecule has 80 valence electrons. The van der Waals surface area contributed by atoms with Gasteiger partial charge < -0.3 is 9.80 Å². The summed E-state index contributed by atoms with van der Waals surface area (Å²) >= 11 is 0. The van der Waals surface area contributed by atoms with Crippen LogP contribution in [-0.4, -0.2) is 37.1 Å². The molecule has 15 heavy (non-hydrogen) atoms. The number of anilines is 1. The fourth-order valence-electron chi connectivity index (χ4n) is 3.14. The predicted octanol–water partition coefficient (Wildman–Crippen LogP) is 1.97. The van der Waals surface area contributed by atoms with Crippen LogP contribution in [0.1, 0.15) is 12.8 Å². The molecule has 0 spiro atoms. The number of hydrogen-bond donors (Lipinski definition) is 0. The number of benzene rings is 1. The fraction of sp³-hybridized carbons (Fsp3) is 0.538. The van der Waals surface area contributed by atoms with Crippen molar-refractivity contribution in [2.45, 2.75) is 24.9 Å². The molecule has 2 bridgehead atoms. The van der Waals surface area contributed by atoms with E-state index in [4.69, 9.17) is 0 Å². The van der Waals surface area contributed by atoms with Gasteiger partial charge in [-0.3, -0.25) is 0 Å². The van der Waals surface area contributed by atoms with Gasteiger partial charge in [0.2, 0.25) is 0 Å². The Kier molecular flexibility index (Phi) is 2.17. The van der Waals surface area contributed by atoms with Crippen LogP contribution >= 0.6 is 0 Å². The van der Waals surface area contributed by atoms with Crippen LogP contribution in [-0.2, 0) is 0 Å². The molecule has 0 aromatic heterocycles. The first-order chi connectivity index (χ1) is 7.34. The number of hydrogen-bond acceptors (Lipinski definition) is 2. The molecule has 2 nitrogen and oxygen atoms in total. The minimum Gasteiger partial charge on any atom is -0.363 e. The molecule has 2 atom stereocenters. The maximum Gasteiger partial charge on any atom is 0.0421 e. The second kappa shape index (κ2) is 3.53. The first-order valence-electron chi connectivity index (χ1n) is 5.86. The predicted molar refractivity (Wildman–Crippen MR) is 63.2 cm³/mol. The standard InChI is InChI=1S/C13H18N2/c1-14-9-12-7-8-13(10-14)15(12)11-5-3-2-4-6-11/h2-6,12-13H,7-10H2,1H3. The second-order valence-corrected chi connectivity index (χ2v) is 4.85. The van der Waals surface area contributed by atoms with Gasteiger partial charge in [-0.2, -0.15) is 0 Å². The molecule has 2 heterocycles. The van der Waals surface area contributed by atoms with Crippen LogP contribution in [0.25, 0.3) is 0 Å². The van der Waals surface area contributed by atoms with E-state index in [2.05, 4.69) is 47.2 Å². The number of rotatable bonds is 1. The van der Waals surface area contributed by atoms with Gasteiger partial charge >= 0.3 is 0 Å². The third-order valence-electron chi connectivity index (χ3n) is 3.72. The summed E-state index contributed by atoms with van der Waals surface area (Å²) in [5, 5.41) is 0. The molecule has 2 fully saturated rings. The molecule has 0 N–H and O–H groups in total. The molecule has 2 aliphatic rings. The molecule has 2 heteroatoms. The van der Waals surface area contributed by atoms with E-state index in [0.29, 0.717) is 0 Å². The van der Waals surface area contributed by atoms with E-state index in [1.807, 2.05) is 0 Å². The lowest BCUT2D eigenvalue weighted by atomic mass is 10.1. The normalized spacial score (nSPS) is 30.9. The molecule has 0 amide bonds. The molecule has 0 saturated carbocycles. The Bertz CT molecular complexity index is 322. The van der Waals surface area contributed by atoms with E-state index in [1.54, 1.807) is 0 Å². The highest BCUT2D eigenvalue weighted by molar-refractivity contribution is 5.50. The Balaban J connectivity index is 1.89. The van der Waals surface area contributed by atoms with Crippen molar-refractivity contribution in [3.8, 4) is 0 Å². The summed E-state index contributed by atoms with van der Waals surface area (Å²) in [4.78, 5) is 5.11. The molecule has 3 rings (SSSR count). The third kappa shape index (κ3) is 1.53. The van der Waals surface area contributed by atoms with Crippen molar-refractivity contribution >= 4 is 5.69 Å². The van der Waals surface area contributed by atoms with Gasteiger partial charge in [-0.15, -0.1) is 0 Å². The van der Waals surface area contributed by atoms with E-state index >= 15 is 0 Å². The molecule has 2 unspecified atom stereocenters. The largest absolute Gasteiger partial charge is 0.363 e. The Hall–Kier alpha value is -1.02. The van der Waals surface area contributed by atoms with Gasteiger partial charge in [0.05, 0.1) is 0 Å². The lowest BCUT2D eigenvalue weighted by molar-refractivity contribution is 0.265. The number of piperazine rings is 1. The molecule has 1 aromatic rings. The van der Waals surface area contributed by atoms with Crippen LogP contribution in [0.5, 0.6) is 0 Å². The number of nitrogens with zero attached hydrogens (tertiary/aromatic N) is 2. The van der Waals surface area contributed by atoms with Gasteiger partial charge in [-0.25, -0.2) is 0 Å². The summed E-state index contributed by atoms with van der Waals surface area (Å²) in [5.41, 5.74) is 1.41. The van der Waals surface area contributed by atoms with Crippen LogP contribution < -0.4 is 4.90 Å². The SMILES string of the molecule is CN1CC2CCC(C1)N2c1ccccc1. The van der Waals surface area contributed by atoms with Crippen molar-refractivity contribution in [3.63, 3.8) is 0 Å². The number of fused-ring (bicyclic) bond motifs is 2. The minimum atomic E-state index is 0.746. The summed E-state index contributed by atoms with van der Waals surface area (Å²) in [5.74, 6) is 0. The Morgan fingerprint density at radius 2 is 1.60 bits per heavy atom. The highest BCUT2D eigenvalue weighted by atomic mass is 15.3. The highest BCUT2D eigenvalue weighted by Crippen LogP contribution is 2.33. The maximum atomic E-state index is 2.64. The summed E-state index contributed by atoms with van der Waals surface area (Å²) in [6, 6.07) is 12.4. The van der Waals surface area contributed by atoms with Gasteiger partial charge in [-0.1, -0.05) is 18.2 Å². The Morgan fingerprint density at radius 3 is 2.20 bits per heavy atom. The van der Waals surface area contributed by atoms with E-state index in [0.717, 1.165) is 12.1 Å². The highest BCUT2D eigenvalue weighted by Gasteiger charge is 2.38. The van der Waals surface area contributed by atoms with Crippen molar-refractivity contribution in [1.29, 1.82) is 0 Å². The summed E-state index contributed by atoms with van der Waals surface area (Å²) < 4.78 is 0. The first kappa shape index (κ1) is 9.22. The fourth-order valence-corrected chi connectivity index (χ4v) is 3.14. The van der Waals surface area contributed by atoms with Crippen molar-refractivity contribution in [2.24, 2.45) is 0 Å². The van der Waals surface area contributed by atoms with Crippen LogP contribution in [0.15, 0.2) is 30.3 Å². The van der Waals surface area contributed by atoms with E-state index in [1.165, 1.54) is 31.6 Å². The van der Waals surface area contributed by atoms with Gasteiger partial charge in [-0.05, 0) is 32.0 Å². The molecule has 0 aliphatic carbocycles. The Labute approximate surface area is 91.5 Å². The number of likely N-dealkylation sites (tertiary alicyclic amines) is 1. The van der Waals surface area contributed by atoms with Gasteiger partial charge in [0.1, 0.15) is 0 Å². The zero-order valence-electron chi connectivity index (χ0n) is 9.26. The van der Waals surface area contributed by atoms with Crippen molar-refractivity contribution in [3.05, 3.63) is 30.3 Å². The van der Waals surface area contributed by atoms with Gasteiger partial charge in [0.15, 0.2) is 0 Å². The average Bonchev–Trinajstić information content (AvgIpc) is 2.53. The second-order valence-electron chi connectivity index (χ2n) is 4.85. The zero-order valence-corrected chi connectivity index (χ0v) is 9.26. The van der Waals surface area contributed by atoms with Crippen molar-refractivity contribution < 1.29 is 0 Å². The van der Waals surface area contributed by atoms with Gasteiger partial charge in [0.25, 0.3) is 0 Å². The monoisotopic (exact) mass is 202 g/mol. The lowest BCUT2D eigenvalue weighted by Gasteiger charge is -2.41. The first-order valence-corrected chi connectivity index (χ1v) is 5.86. The summed E-state index contributed by atoms with van der Waals surface area (Å²) in [7, 11) is 2.24. The zero-order chi connectivity index (χ0) is 10.3. The number of likely N-dealkylation sites (N-methyl/N-ethyl adjacent to an activating group) is 1.